The zero-order valence-corrected chi connectivity index (χ0v) is 12.7. The minimum atomic E-state index is 0.158. The summed E-state index contributed by atoms with van der Waals surface area (Å²) in [6.07, 6.45) is 9.10. The molecule has 0 radical (unpaired) electrons. The van der Waals surface area contributed by atoms with E-state index in [0.29, 0.717) is 12.3 Å². The Morgan fingerprint density at radius 2 is 2.14 bits per heavy atom. The fraction of sp³-hybridized carbons (Fsp3) is 0.500. The number of methoxy groups -OCH3 is 1. The molecule has 0 aromatic heterocycles. The van der Waals surface area contributed by atoms with Crippen LogP contribution in [0.1, 0.15) is 55.6 Å². The molecule has 1 saturated heterocycles. The monoisotopic (exact) mass is 285 g/mol. The molecule has 1 aromatic rings. The Bertz CT molecular complexity index is 562. The Morgan fingerprint density at radius 3 is 2.90 bits per heavy atom. The number of nitrogens with one attached hydrogen (secondary N) is 1. The largest absolute Gasteiger partial charge is 0.496 e. The van der Waals surface area contributed by atoms with Gasteiger partial charge in [-0.05, 0) is 49.0 Å². The van der Waals surface area contributed by atoms with Gasteiger partial charge in [0.15, 0.2) is 0 Å². The molecule has 0 spiro atoms. The molecule has 0 bridgehead atoms. The lowest BCUT2D eigenvalue weighted by Gasteiger charge is -2.15. The minimum Gasteiger partial charge on any atom is -0.496 e. The Labute approximate surface area is 126 Å². The molecule has 1 aromatic carbocycles. The summed E-state index contributed by atoms with van der Waals surface area (Å²) in [7, 11) is 1.73. The Balaban J connectivity index is 1.93. The zero-order chi connectivity index (χ0) is 14.7. The summed E-state index contributed by atoms with van der Waals surface area (Å²) in [5.41, 5.74) is 3.87. The number of hydrogen-bond acceptors (Lipinski definition) is 2. The Kier molecular flexibility index (Phi) is 4.28. The number of rotatable bonds is 3. The third-order valence-electron chi connectivity index (χ3n) is 4.56. The zero-order valence-electron chi connectivity index (χ0n) is 12.7. The fourth-order valence-corrected chi connectivity index (χ4v) is 3.33. The van der Waals surface area contributed by atoms with Crippen LogP contribution in [0.15, 0.2) is 24.3 Å². The Hall–Kier alpha value is -1.77. The molecule has 1 aliphatic carbocycles. The molecular formula is C18H23NO2. The van der Waals surface area contributed by atoms with Crippen molar-refractivity contribution in [3.63, 3.8) is 0 Å². The second-order valence-electron chi connectivity index (χ2n) is 5.99. The van der Waals surface area contributed by atoms with Gasteiger partial charge in [-0.25, -0.2) is 0 Å². The predicted octanol–water partition coefficient (Wildman–Crippen LogP) is 3.65. The lowest BCUT2D eigenvalue weighted by atomic mass is 9.92. The predicted molar refractivity (Wildman–Crippen MR) is 84.4 cm³/mol. The van der Waals surface area contributed by atoms with E-state index in [2.05, 4.69) is 29.6 Å². The highest BCUT2D eigenvalue weighted by Gasteiger charge is 2.24. The molecule has 112 valence electrons. The van der Waals surface area contributed by atoms with Crippen LogP contribution >= 0.6 is 0 Å². The van der Waals surface area contributed by atoms with Gasteiger partial charge in [-0.2, -0.15) is 0 Å². The molecule has 3 heteroatoms. The average molecular weight is 285 g/mol. The summed E-state index contributed by atoms with van der Waals surface area (Å²) in [6.45, 7) is 0.754. The Morgan fingerprint density at radius 1 is 1.24 bits per heavy atom. The maximum atomic E-state index is 11.4. The van der Waals surface area contributed by atoms with Crippen molar-refractivity contribution in [1.29, 1.82) is 0 Å². The van der Waals surface area contributed by atoms with Crippen LogP contribution in [0.2, 0.25) is 0 Å². The number of allylic oxidation sites excluding steroid dienone is 2. The molecular weight excluding hydrogens is 262 g/mol. The summed E-state index contributed by atoms with van der Waals surface area (Å²) in [5, 5.41) is 2.92. The number of amides is 1. The molecule has 1 aliphatic heterocycles. The van der Waals surface area contributed by atoms with Crippen LogP contribution < -0.4 is 10.1 Å². The van der Waals surface area contributed by atoms with Crippen LogP contribution in [0.4, 0.5) is 0 Å². The molecule has 1 unspecified atom stereocenters. The van der Waals surface area contributed by atoms with Crippen molar-refractivity contribution in [2.24, 2.45) is 0 Å². The van der Waals surface area contributed by atoms with Gasteiger partial charge in [-0.15, -0.1) is 0 Å². The van der Waals surface area contributed by atoms with E-state index in [4.69, 9.17) is 4.74 Å². The highest BCUT2D eigenvalue weighted by atomic mass is 16.5. The molecule has 2 aliphatic rings. The van der Waals surface area contributed by atoms with E-state index < -0.39 is 0 Å². The van der Waals surface area contributed by atoms with Crippen molar-refractivity contribution in [1.82, 2.24) is 5.32 Å². The number of hydrogen-bond donors (Lipinski definition) is 1. The third-order valence-corrected chi connectivity index (χ3v) is 4.56. The number of benzene rings is 1. The van der Waals surface area contributed by atoms with Gasteiger partial charge in [0.2, 0.25) is 5.91 Å². The molecule has 0 saturated carbocycles. The SMILES string of the molecule is COc1ccc(C2CNC(=O)C2)cc1C1=CCCCCC1. The van der Waals surface area contributed by atoms with Crippen LogP contribution in [0.25, 0.3) is 5.57 Å². The second kappa shape index (κ2) is 6.33. The number of carbonyl (C=O) groups excluding carboxylic acids is 1. The van der Waals surface area contributed by atoms with E-state index >= 15 is 0 Å². The summed E-state index contributed by atoms with van der Waals surface area (Å²) >= 11 is 0. The first-order chi connectivity index (χ1) is 10.3. The fourth-order valence-electron chi connectivity index (χ4n) is 3.33. The molecule has 1 heterocycles. The first kappa shape index (κ1) is 14.2. The smallest absolute Gasteiger partial charge is 0.220 e. The molecule has 1 N–H and O–H groups in total. The van der Waals surface area contributed by atoms with E-state index in [9.17, 15) is 4.79 Å². The number of ether oxygens (including phenoxy) is 1. The van der Waals surface area contributed by atoms with E-state index in [1.165, 1.54) is 36.0 Å². The maximum Gasteiger partial charge on any atom is 0.220 e. The normalized spacial score (nSPS) is 22.4. The van der Waals surface area contributed by atoms with E-state index in [1.54, 1.807) is 7.11 Å². The van der Waals surface area contributed by atoms with Gasteiger partial charge in [0.25, 0.3) is 0 Å². The molecule has 1 fully saturated rings. The van der Waals surface area contributed by atoms with Gasteiger partial charge < -0.3 is 10.1 Å². The van der Waals surface area contributed by atoms with Crippen molar-refractivity contribution < 1.29 is 9.53 Å². The van der Waals surface area contributed by atoms with Crippen LogP contribution in [0.5, 0.6) is 5.75 Å². The van der Waals surface area contributed by atoms with Crippen molar-refractivity contribution in [2.45, 2.75) is 44.4 Å². The third kappa shape index (κ3) is 3.12. The summed E-state index contributed by atoms with van der Waals surface area (Å²) in [5.74, 6) is 1.41. The molecule has 1 atom stereocenters. The van der Waals surface area contributed by atoms with Crippen molar-refractivity contribution >= 4 is 11.5 Å². The van der Waals surface area contributed by atoms with Crippen LogP contribution in [-0.2, 0) is 4.79 Å². The lowest BCUT2D eigenvalue weighted by Crippen LogP contribution is -2.13. The topological polar surface area (TPSA) is 38.3 Å². The molecule has 1 amide bonds. The van der Waals surface area contributed by atoms with Crippen LogP contribution in [0, 0.1) is 0 Å². The van der Waals surface area contributed by atoms with E-state index in [0.717, 1.165) is 25.1 Å². The first-order valence-electron chi connectivity index (χ1n) is 7.92. The van der Waals surface area contributed by atoms with Crippen LogP contribution in [0.3, 0.4) is 0 Å². The van der Waals surface area contributed by atoms with Gasteiger partial charge in [0, 0.05) is 24.4 Å². The lowest BCUT2D eigenvalue weighted by molar-refractivity contribution is -0.119. The van der Waals surface area contributed by atoms with Gasteiger partial charge >= 0.3 is 0 Å². The molecule has 3 rings (SSSR count). The molecule has 3 nitrogen and oxygen atoms in total. The second-order valence-corrected chi connectivity index (χ2v) is 5.99. The van der Waals surface area contributed by atoms with E-state index in [-0.39, 0.29) is 5.91 Å². The van der Waals surface area contributed by atoms with Crippen LogP contribution in [-0.4, -0.2) is 19.6 Å². The first-order valence-corrected chi connectivity index (χ1v) is 7.92. The van der Waals surface area contributed by atoms with Gasteiger partial charge in [0.05, 0.1) is 7.11 Å². The summed E-state index contributed by atoms with van der Waals surface area (Å²) in [6, 6.07) is 6.39. The van der Waals surface area contributed by atoms with Gasteiger partial charge in [-0.3, -0.25) is 4.79 Å². The van der Waals surface area contributed by atoms with Gasteiger partial charge in [0.1, 0.15) is 5.75 Å². The van der Waals surface area contributed by atoms with E-state index in [1.807, 2.05) is 0 Å². The summed E-state index contributed by atoms with van der Waals surface area (Å²) < 4.78 is 5.55. The highest BCUT2D eigenvalue weighted by Crippen LogP contribution is 2.35. The maximum absolute atomic E-state index is 11.4. The summed E-state index contributed by atoms with van der Waals surface area (Å²) in [4.78, 5) is 11.4. The molecule has 21 heavy (non-hydrogen) atoms. The number of carbonyl (C=O) groups is 1. The van der Waals surface area contributed by atoms with Crippen molar-refractivity contribution in [2.75, 3.05) is 13.7 Å². The van der Waals surface area contributed by atoms with Crippen molar-refractivity contribution in [3.05, 3.63) is 35.4 Å². The standard InChI is InChI=1S/C18H23NO2/c1-21-17-9-8-14(15-11-18(20)19-12-15)10-16(17)13-6-4-2-3-5-7-13/h6,8-10,15H,2-5,7,11-12H2,1H3,(H,19,20). The average Bonchev–Trinajstić information content (AvgIpc) is 2.77. The minimum absolute atomic E-state index is 0.158. The highest BCUT2D eigenvalue weighted by molar-refractivity contribution is 5.80. The quantitative estimate of drug-likeness (QED) is 0.920. The van der Waals surface area contributed by atoms with Gasteiger partial charge in [-0.1, -0.05) is 18.6 Å². The van der Waals surface area contributed by atoms with Crippen molar-refractivity contribution in [3.8, 4) is 5.75 Å².